The van der Waals surface area contributed by atoms with Crippen LogP contribution in [0.1, 0.15) is 51.6 Å². The molecule has 1 aliphatic heterocycles. The molecular formula is C21H24N2O2. The van der Waals surface area contributed by atoms with E-state index in [9.17, 15) is 9.59 Å². The predicted molar refractivity (Wildman–Crippen MR) is 98.6 cm³/mol. The van der Waals surface area contributed by atoms with Crippen molar-refractivity contribution in [1.82, 2.24) is 10.2 Å². The number of hydrogen-bond acceptors (Lipinski definition) is 2. The van der Waals surface area contributed by atoms with Gasteiger partial charge >= 0.3 is 0 Å². The zero-order chi connectivity index (χ0) is 17.6. The van der Waals surface area contributed by atoms with Crippen molar-refractivity contribution in [3.05, 3.63) is 70.8 Å². The molecule has 0 atom stereocenters. The molecule has 0 radical (unpaired) electrons. The molecular weight excluding hydrogens is 312 g/mol. The third-order valence-electron chi connectivity index (χ3n) is 4.61. The lowest BCUT2D eigenvalue weighted by Crippen LogP contribution is -2.36. The Morgan fingerprint density at radius 1 is 1.04 bits per heavy atom. The Kier molecular flexibility index (Phi) is 5.49. The highest BCUT2D eigenvalue weighted by Crippen LogP contribution is 2.20. The first-order chi connectivity index (χ1) is 12.2. The number of nitrogens with one attached hydrogen (secondary N) is 1. The summed E-state index contributed by atoms with van der Waals surface area (Å²) in [7, 11) is 0. The second kappa shape index (κ2) is 7.97. The van der Waals surface area contributed by atoms with Crippen molar-refractivity contribution in [2.24, 2.45) is 0 Å². The Morgan fingerprint density at radius 2 is 1.80 bits per heavy atom. The average Bonchev–Trinajstić information content (AvgIpc) is 2.67. The third-order valence-corrected chi connectivity index (χ3v) is 4.61. The molecule has 3 rings (SSSR count). The summed E-state index contributed by atoms with van der Waals surface area (Å²) >= 11 is 0. The number of rotatable bonds is 5. The van der Waals surface area contributed by atoms with Gasteiger partial charge in [0, 0.05) is 30.8 Å². The summed E-state index contributed by atoms with van der Waals surface area (Å²) in [6.45, 7) is 4.09. The molecule has 130 valence electrons. The summed E-state index contributed by atoms with van der Waals surface area (Å²) < 4.78 is 0. The van der Waals surface area contributed by atoms with Crippen molar-refractivity contribution in [2.75, 3.05) is 13.1 Å². The normalized spacial score (nSPS) is 13.2. The minimum Gasteiger partial charge on any atom is -0.352 e. The lowest BCUT2D eigenvalue weighted by Gasteiger charge is -2.29. The van der Waals surface area contributed by atoms with E-state index in [1.165, 1.54) is 11.1 Å². The van der Waals surface area contributed by atoms with Crippen LogP contribution in [0.4, 0.5) is 0 Å². The Bertz CT molecular complexity index is 770. The summed E-state index contributed by atoms with van der Waals surface area (Å²) in [5.74, 6) is -0.134. The first kappa shape index (κ1) is 17.2. The largest absolute Gasteiger partial charge is 0.352 e. The molecule has 4 nitrogen and oxygen atoms in total. The Balaban J connectivity index is 1.71. The Morgan fingerprint density at radius 3 is 2.60 bits per heavy atom. The molecule has 0 fully saturated rings. The van der Waals surface area contributed by atoms with Crippen molar-refractivity contribution in [1.29, 1.82) is 0 Å². The Labute approximate surface area is 148 Å². The minimum absolute atomic E-state index is 0.0160. The van der Waals surface area contributed by atoms with Gasteiger partial charge < -0.3 is 10.2 Å². The van der Waals surface area contributed by atoms with E-state index in [1.54, 1.807) is 24.3 Å². The Hall–Kier alpha value is -2.62. The fourth-order valence-electron chi connectivity index (χ4n) is 3.13. The van der Waals surface area contributed by atoms with Crippen LogP contribution in [-0.2, 0) is 13.0 Å². The van der Waals surface area contributed by atoms with Gasteiger partial charge in [-0.3, -0.25) is 9.59 Å². The predicted octanol–water partition coefficient (Wildman–Crippen LogP) is 3.42. The fourth-order valence-corrected chi connectivity index (χ4v) is 3.13. The molecule has 0 aliphatic carbocycles. The minimum atomic E-state index is -0.118. The zero-order valence-electron chi connectivity index (χ0n) is 14.6. The van der Waals surface area contributed by atoms with Crippen LogP contribution in [0.2, 0.25) is 0 Å². The van der Waals surface area contributed by atoms with Crippen molar-refractivity contribution in [3.63, 3.8) is 0 Å². The van der Waals surface area contributed by atoms with Crippen molar-refractivity contribution < 1.29 is 9.59 Å². The van der Waals surface area contributed by atoms with Gasteiger partial charge in [0.2, 0.25) is 0 Å². The van der Waals surface area contributed by atoms with Crippen molar-refractivity contribution >= 4 is 11.8 Å². The van der Waals surface area contributed by atoms with Gasteiger partial charge in [-0.15, -0.1) is 0 Å². The second-order valence-electron chi connectivity index (χ2n) is 6.44. The number of fused-ring (bicyclic) bond motifs is 1. The average molecular weight is 336 g/mol. The van der Waals surface area contributed by atoms with Gasteiger partial charge in [0.1, 0.15) is 0 Å². The number of nitrogens with zero attached hydrogens (tertiary/aromatic N) is 1. The standard InChI is InChI=1S/C21H24N2O2/c1-2-3-12-22-20(24)17-9-6-10-18(14-17)21(25)23-13-11-16-7-4-5-8-19(16)15-23/h4-10,14H,2-3,11-13,15H2,1H3,(H,22,24). The summed E-state index contributed by atoms with van der Waals surface area (Å²) in [4.78, 5) is 26.9. The van der Waals surface area contributed by atoms with Gasteiger partial charge in [-0.25, -0.2) is 0 Å². The molecule has 2 aromatic rings. The van der Waals surface area contributed by atoms with Crippen molar-refractivity contribution in [2.45, 2.75) is 32.7 Å². The van der Waals surface area contributed by atoms with E-state index >= 15 is 0 Å². The van der Waals surface area contributed by atoms with Crippen LogP contribution in [0, 0.1) is 0 Å². The van der Waals surface area contributed by atoms with Gasteiger partial charge in [-0.1, -0.05) is 43.7 Å². The summed E-state index contributed by atoms with van der Waals surface area (Å²) in [6, 6.07) is 15.3. The van der Waals surface area contributed by atoms with Gasteiger partial charge in [-0.05, 0) is 42.2 Å². The van der Waals surface area contributed by atoms with E-state index in [1.807, 2.05) is 17.0 Å². The lowest BCUT2D eigenvalue weighted by molar-refractivity contribution is 0.0734. The highest BCUT2D eigenvalue weighted by Gasteiger charge is 2.22. The summed E-state index contributed by atoms with van der Waals surface area (Å²) in [5.41, 5.74) is 3.63. The maximum Gasteiger partial charge on any atom is 0.254 e. The molecule has 2 aromatic carbocycles. The molecule has 25 heavy (non-hydrogen) atoms. The molecule has 0 bridgehead atoms. The highest BCUT2D eigenvalue weighted by molar-refractivity contribution is 5.99. The van der Waals surface area contributed by atoms with E-state index < -0.39 is 0 Å². The van der Waals surface area contributed by atoms with Crippen LogP contribution in [0.3, 0.4) is 0 Å². The van der Waals surface area contributed by atoms with Gasteiger partial charge in [0.05, 0.1) is 0 Å². The maximum atomic E-state index is 12.8. The van der Waals surface area contributed by atoms with Crippen LogP contribution in [-0.4, -0.2) is 29.8 Å². The SMILES string of the molecule is CCCCNC(=O)c1cccc(C(=O)N2CCc3ccccc3C2)c1. The van der Waals surface area contributed by atoms with E-state index in [2.05, 4.69) is 24.4 Å². The third kappa shape index (κ3) is 4.08. The van der Waals surface area contributed by atoms with Crippen molar-refractivity contribution in [3.8, 4) is 0 Å². The molecule has 4 heteroatoms. The molecule has 1 N–H and O–H groups in total. The fraction of sp³-hybridized carbons (Fsp3) is 0.333. The second-order valence-corrected chi connectivity index (χ2v) is 6.44. The number of carbonyl (C=O) groups is 2. The topological polar surface area (TPSA) is 49.4 Å². The number of unbranched alkanes of at least 4 members (excludes halogenated alkanes) is 1. The molecule has 0 saturated heterocycles. The number of hydrogen-bond donors (Lipinski definition) is 1. The molecule has 1 heterocycles. The first-order valence-electron chi connectivity index (χ1n) is 8.93. The maximum absolute atomic E-state index is 12.8. The van der Waals surface area contributed by atoms with E-state index in [0.29, 0.717) is 30.8 Å². The zero-order valence-corrected chi connectivity index (χ0v) is 14.6. The summed E-state index contributed by atoms with van der Waals surface area (Å²) in [6.07, 6.45) is 2.87. The quantitative estimate of drug-likeness (QED) is 0.851. The van der Waals surface area contributed by atoms with E-state index in [-0.39, 0.29) is 11.8 Å². The molecule has 0 saturated carbocycles. The van der Waals surface area contributed by atoms with Gasteiger partial charge in [0.25, 0.3) is 11.8 Å². The van der Waals surface area contributed by atoms with Crippen LogP contribution in [0.15, 0.2) is 48.5 Å². The monoisotopic (exact) mass is 336 g/mol. The number of amides is 2. The summed E-state index contributed by atoms with van der Waals surface area (Å²) in [5, 5.41) is 2.89. The lowest BCUT2D eigenvalue weighted by atomic mass is 9.99. The molecule has 2 amide bonds. The van der Waals surface area contributed by atoms with Crippen LogP contribution >= 0.6 is 0 Å². The smallest absolute Gasteiger partial charge is 0.254 e. The molecule has 0 aromatic heterocycles. The van der Waals surface area contributed by atoms with Crippen LogP contribution in [0.5, 0.6) is 0 Å². The number of benzene rings is 2. The van der Waals surface area contributed by atoms with Gasteiger partial charge in [0.15, 0.2) is 0 Å². The molecule has 1 aliphatic rings. The van der Waals surface area contributed by atoms with Crippen LogP contribution in [0.25, 0.3) is 0 Å². The molecule has 0 unspecified atom stereocenters. The first-order valence-corrected chi connectivity index (χ1v) is 8.93. The highest BCUT2D eigenvalue weighted by atomic mass is 16.2. The van der Waals surface area contributed by atoms with E-state index in [4.69, 9.17) is 0 Å². The molecule has 0 spiro atoms. The van der Waals surface area contributed by atoms with E-state index in [0.717, 1.165) is 19.3 Å². The van der Waals surface area contributed by atoms with Crippen LogP contribution < -0.4 is 5.32 Å². The van der Waals surface area contributed by atoms with Gasteiger partial charge in [-0.2, -0.15) is 0 Å². The number of carbonyl (C=O) groups excluding carboxylic acids is 2.